The van der Waals surface area contributed by atoms with Crippen LogP contribution in [0.3, 0.4) is 0 Å². The molecule has 2 heterocycles. The van der Waals surface area contributed by atoms with Gasteiger partial charge in [-0.2, -0.15) is 5.10 Å². The molecule has 0 unspecified atom stereocenters. The quantitative estimate of drug-likeness (QED) is 0.764. The maximum atomic E-state index is 13.0. The predicted octanol–water partition coefficient (Wildman–Crippen LogP) is 3.15. The van der Waals surface area contributed by atoms with Crippen LogP contribution in [-0.4, -0.2) is 47.4 Å². The van der Waals surface area contributed by atoms with Crippen molar-refractivity contribution >= 4 is 5.91 Å². The number of amides is 1. The second-order valence-electron chi connectivity index (χ2n) is 7.63. The Labute approximate surface area is 154 Å². The van der Waals surface area contributed by atoms with Gasteiger partial charge in [0.2, 0.25) is 0 Å². The Bertz CT molecular complexity index is 751. The number of carbonyl (C=O) groups is 1. The number of aromatic nitrogens is 2. The van der Waals surface area contributed by atoms with Gasteiger partial charge in [-0.3, -0.25) is 9.48 Å². The summed E-state index contributed by atoms with van der Waals surface area (Å²) in [5, 5.41) is 4.58. The highest BCUT2D eigenvalue weighted by Crippen LogP contribution is 2.28. The van der Waals surface area contributed by atoms with Crippen LogP contribution in [0.25, 0.3) is 0 Å². The molecule has 0 saturated carbocycles. The second-order valence-corrected chi connectivity index (χ2v) is 7.63. The van der Waals surface area contributed by atoms with E-state index in [9.17, 15) is 4.79 Å². The Morgan fingerprint density at radius 2 is 2.04 bits per heavy atom. The Balaban J connectivity index is 1.72. The van der Waals surface area contributed by atoms with E-state index in [0.29, 0.717) is 32.1 Å². The highest BCUT2D eigenvalue weighted by molar-refractivity contribution is 5.92. The van der Waals surface area contributed by atoms with Crippen molar-refractivity contribution in [1.29, 1.82) is 0 Å². The van der Waals surface area contributed by atoms with Crippen LogP contribution in [0.4, 0.5) is 0 Å². The standard InChI is InChI=1S/C20H27N3O3/c1-15(2)23-18(19(24)22(4)12-20(3)13-25-14-20)10-16(21-23)11-26-17-8-6-5-7-9-17/h5-10,15H,11-14H2,1-4H3. The third-order valence-corrected chi connectivity index (χ3v) is 4.49. The Morgan fingerprint density at radius 1 is 1.35 bits per heavy atom. The van der Waals surface area contributed by atoms with Crippen LogP contribution in [0.2, 0.25) is 0 Å². The summed E-state index contributed by atoms with van der Waals surface area (Å²) in [6, 6.07) is 11.5. The van der Waals surface area contributed by atoms with Gasteiger partial charge in [-0.15, -0.1) is 0 Å². The lowest BCUT2D eigenvalue weighted by Gasteiger charge is -2.40. The zero-order valence-electron chi connectivity index (χ0n) is 15.9. The highest BCUT2D eigenvalue weighted by Gasteiger charge is 2.36. The molecule has 6 heteroatoms. The molecule has 0 atom stereocenters. The first kappa shape index (κ1) is 18.5. The number of benzene rings is 1. The van der Waals surface area contributed by atoms with Gasteiger partial charge in [-0.25, -0.2) is 0 Å². The minimum absolute atomic E-state index is 0.0229. The minimum atomic E-state index is -0.0229. The molecule has 0 aliphatic carbocycles. The van der Waals surface area contributed by atoms with Gasteiger partial charge in [0.1, 0.15) is 23.7 Å². The molecular weight excluding hydrogens is 330 g/mol. The van der Waals surface area contributed by atoms with E-state index in [1.54, 1.807) is 9.58 Å². The van der Waals surface area contributed by atoms with Gasteiger partial charge in [0, 0.05) is 25.0 Å². The first-order valence-electron chi connectivity index (χ1n) is 8.97. The summed E-state index contributed by atoms with van der Waals surface area (Å²) in [6.07, 6.45) is 0. The van der Waals surface area contributed by atoms with Crippen LogP contribution >= 0.6 is 0 Å². The van der Waals surface area contributed by atoms with Crippen molar-refractivity contribution in [2.45, 2.75) is 33.4 Å². The first-order valence-corrected chi connectivity index (χ1v) is 8.97. The van der Waals surface area contributed by atoms with Crippen LogP contribution in [0.15, 0.2) is 36.4 Å². The second kappa shape index (κ2) is 7.50. The van der Waals surface area contributed by atoms with Crippen molar-refractivity contribution in [1.82, 2.24) is 14.7 Å². The van der Waals surface area contributed by atoms with E-state index in [1.807, 2.05) is 57.3 Å². The number of carbonyl (C=O) groups excluding carboxylic acids is 1. The molecule has 1 aliphatic heterocycles. The van der Waals surface area contributed by atoms with Crippen molar-refractivity contribution in [3.8, 4) is 5.75 Å². The molecule has 1 fully saturated rings. The van der Waals surface area contributed by atoms with Crippen molar-refractivity contribution in [2.75, 3.05) is 26.8 Å². The predicted molar refractivity (Wildman–Crippen MR) is 99.3 cm³/mol. The summed E-state index contributed by atoms with van der Waals surface area (Å²) in [5.74, 6) is 0.764. The molecule has 0 bridgehead atoms. The largest absolute Gasteiger partial charge is 0.487 e. The fourth-order valence-electron chi connectivity index (χ4n) is 3.12. The van der Waals surface area contributed by atoms with Gasteiger partial charge < -0.3 is 14.4 Å². The maximum Gasteiger partial charge on any atom is 0.271 e. The molecule has 0 spiro atoms. The van der Waals surface area contributed by atoms with Crippen LogP contribution in [-0.2, 0) is 11.3 Å². The molecule has 3 rings (SSSR count). The molecule has 1 aromatic carbocycles. The summed E-state index contributed by atoms with van der Waals surface area (Å²) in [4.78, 5) is 14.7. The van der Waals surface area contributed by atoms with E-state index < -0.39 is 0 Å². The Kier molecular flexibility index (Phi) is 5.32. The van der Waals surface area contributed by atoms with Crippen molar-refractivity contribution in [3.63, 3.8) is 0 Å². The lowest BCUT2D eigenvalue weighted by molar-refractivity contribution is -0.109. The average Bonchev–Trinajstić information content (AvgIpc) is 3.03. The smallest absolute Gasteiger partial charge is 0.271 e. The minimum Gasteiger partial charge on any atom is -0.487 e. The molecule has 2 aromatic rings. The molecular formula is C20H27N3O3. The lowest BCUT2D eigenvalue weighted by Crippen LogP contribution is -2.49. The monoisotopic (exact) mass is 357 g/mol. The number of rotatable bonds is 7. The van der Waals surface area contributed by atoms with E-state index >= 15 is 0 Å². The molecule has 1 aliphatic rings. The fourth-order valence-corrected chi connectivity index (χ4v) is 3.12. The molecule has 1 amide bonds. The number of hydrogen-bond donors (Lipinski definition) is 0. The van der Waals surface area contributed by atoms with Crippen molar-refractivity contribution < 1.29 is 14.3 Å². The SMILES string of the molecule is CC(C)n1nc(COc2ccccc2)cc1C(=O)N(C)CC1(C)COC1. The molecule has 26 heavy (non-hydrogen) atoms. The number of para-hydroxylation sites is 1. The lowest BCUT2D eigenvalue weighted by atomic mass is 9.88. The fraction of sp³-hybridized carbons (Fsp3) is 0.500. The number of nitrogens with zero attached hydrogens (tertiary/aromatic N) is 3. The molecule has 140 valence electrons. The molecule has 1 aromatic heterocycles. The van der Waals surface area contributed by atoms with E-state index in [-0.39, 0.29) is 17.4 Å². The highest BCUT2D eigenvalue weighted by atomic mass is 16.5. The maximum absolute atomic E-state index is 13.0. The van der Waals surface area contributed by atoms with E-state index in [0.717, 1.165) is 11.4 Å². The van der Waals surface area contributed by atoms with Crippen LogP contribution < -0.4 is 4.74 Å². The summed E-state index contributed by atoms with van der Waals surface area (Å²) < 4.78 is 12.8. The van der Waals surface area contributed by atoms with Crippen LogP contribution in [0.5, 0.6) is 5.75 Å². The Morgan fingerprint density at radius 3 is 2.62 bits per heavy atom. The molecule has 0 N–H and O–H groups in total. The zero-order valence-corrected chi connectivity index (χ0v) is 15.9. The summed E-state index contributed by atoms with van der Waals surface area (Å²) in [5.41, 5.74) is 1.39. The van der Waals surface area contributed by atoms with Crippen molar-refractivity contribution in [2.24, 2.45) is 5.41 Å². The van der Waals surface area contributed by atoms with Gasteiger partial charge in [-0.1, -0.05) is 25.1 Å². The summed E-state index contributed by atoms with van der Waals surface area (Å²) in [6.45, 7) is 8.58. The van der Waals surface area contributed by atoms with Gasteiger partial charge in [0.05, 0.1) is 13.2 Å². The summed E-state index contributed by atoms with van der Waals surface area (Å²) in [7, 11) is 1.84. The van der Waals surface area contributed by atoms with Gasteiger partial charge in [0.15, 0.2) is 0 Å². The molecule has 1 saturated heterocycles. The summed E-state index contributed by atoms with van der Waals surface area (Å²) >= 11 is 0. The van der Waals surface area contributed by atoms with Gasteiger partial charge in [0.25, 0.3) is 5.91 Å². The van der Waals surface area contributed by atoms with E-state index in [4.69, 9.17) is 9.47 Å². The van der Waals surface area contributed by atoms with Gasteiger partial charge in [-0.05, 0) is 32.0 Å². The first-order chi connectivity index (χ1) is 12.4. The topological polar surface area (TPSA) is 56.6 Å². The van der Waals surface area contributed by atoms with E-state index in [1.165, 1.54) is 0 Å². The van der Waals surface area contributed by atoms with E-state index in [2.05, 4.69) is 12.0 Å². The van der Waals surface area contributed by atoms with Crippen LogP contribution in [0.1, 0.15) is 43.0 Å². The number of hydrogen-bond acceptors (Lipinski definition) is 4. The Hall–Kier alpha value is -2.34. The van der Waals surface area contributed by atoms with Gasteiger partial charge >= 0.3 is 0 Å². The molecule has 0 radical (unpaired) electrons. The number of ether oxygens (including phenoxy) is 2. The normalized spacial score (nSPS) is 15.6. The third-order valence-electron chi connectivity index (χ3n) is 4.49. The zero-order chi connectivity index (χ0) is 18.7. The van der Waals surface area contributed by atoms with Crippen molar-refractivity contribution in [3.05, 3.63) is 47.8 Å². The average molecular weight is 357 g/mol. The third kappa shape index (κ3) is 4.07. The van der Waals surface area contributed by atoms with Crippen LogP contribution in [0, 0.1) is 5.41 Å². The molecule has 6 nitrogen and oxygen atoms in total.